The van der Waals surface area contributed by atoms with Crippen LogP contribution in [-0.2, 0) is 4.79 Å². The van der Waals surface area contributed by atoms with Crippen LogP contribution in [0.3, 0.4) is 0 Å². The Hall–Kier alpha value is -2.57. The van der Waals surface area contributed by atoms with Gasteiger partial charge in [0.05, 0.1) is 6.42 Å². The number of H-pyrrole nitrogens is 1. The fourth-order valence-electron chi connectivity index (χ4n) is 1.93. The lowest BCUT2D eigenvalue weighted by Crippen LogP contribution is -2.33. The number of rotatable bonds is 6. The predicted molar refractivity (Wildman–Crippen MR) is 74.9 cm³/mol. The van der Waals surface area contributed by atoms with Gasteiger partial charge < -0.3 is 14.4 Å². The standard InChI is InChI=1S/C14H17N3O4/c1-3-17(7-6-13(18)19)14(20)11-8-10(15-16-11)12-5-4-9(2)21-12/h4-5,8H,3,6-7H2,1-2H3,(H,15,16)(H,18,19). The molecule has 0 aromatic carbocycles. The summed E-state index contributed by atoms with van der Waals surface area (Å²) in [7, 11) is 0. The lowest BCUT2D eigenvalue weighted by Gasteiger charge is -2.18. The number of aryl methyl sites for hydroxylation is 1. The first kappa shape index (κ1) is 14.8. The zero-order valence-electron chi connectivity index (χ0n) is 11.9. The molecule has 0 unspecified atom stereocenters. The first-order valence-corrected chi connectivity index (χ1v) is 6.64. The summed E-state index contributed by atoms with van der Waals surface area (Å²) in [6, 6.07) is 5.21. The molecule has 0 radical (unpaired) electrons. The molecule has 0 bridgehead atoms. The van der Waals surface area contributed by atoms with Gasteiger partial charge in [-0.05, 0) is 26.0 Å². The highest BCUT2D eigenvalue weighted by Crippen LogP contribution is 2.20. The van der Waals surface area contributed by atoms with E-state index < -0.39 is 5.97 Å². The molecule has 7 heteroatoms. The van der Waals surface area contributed by atoms with E-state index in [1.54, 1.807) is 19.1 Å². The third-order valence-corrected chi connectivity index (χ3v) is 3.07. The van der Waals surface area contributed by atoms with Gasteiger partial charge in [0.25, 0.3) is 5.91 Å². The van der Waals surface area contributed by atoms with Gasteiger partial charge in [-0.15, -0.1) is 0 Å². The molecule has 0 fully saturated rings. The second-order valence-electron chi connectivity index (χ2n) is 4.61. The number of carboxylic acid groups (broad SMARTS) is 1. The highest BCUT2D eigenvalue weighted by molar-refractivity contribution is 5.93. The molecule has 0 aliphatic rings. The Bertz CT molecular complexity index is 644. The van der Waals surface area contributed by atoms with Crippen LogP contribution in [0.1, 0.15) is 29.6 Å². The summed E-state index contributed by atoms with van der Waals surface area (Å²) >= 11 is 0. The van der Waals surface area contributed by atoms with Crippen LogP contribution >= 0.6 is 0 Å². The van der Waals surface area contributed by atoms with Crippen molar-refractivity contribution in [3.05, 3.63) is 29.7 Å². The normalized spacial score (nSPS) is 10.6. The summed E-state index contributed by atoms with van der Waals surface area (Å²) in [5.41, 5.74) is 0.854. The molecule has 7 nitrogen and oxygen atoms in total. The minimum absolute atomic E-state index is 0.0890. The summed E-state index contributed by atoms with van der Waals surface area (Å²) in [4.78, 5) is 24.3. The number of carbonyl (C=O) groups excluding carboxylic acids is 1. The van der Waals surface area contributed by atoms with Crippen molar-refractivity contribution in [2.24, 2.45) is 0 Å². The van der Waals surface area contributed by atoms with Crippen LogP contribution in [-0.4, -0.2) is 45.2 Å². The van der Waals surface area contributed by atoms with E-state index >= 15 is 0 Å². The summed E-state index contributed by atoms with van der Waals surface area (Å²) in [6.07, 6.45) is -0.0890. The number of hydrogen-bond acceptors (Lipinski definition) is 4. The largest absolute Gasteiger partial charge is 0.481 e. The van der Waals surface area contributed by atoms with Gasteiger partial charge in [0, 0.05) is 19.2 Å². The second-order valence-corrected chi connectivity index (χ2v) is 4.61. The number of furan rings is 1. The van der Waals surface area contributed by atoms with Gasteiger partial charge >= 0.3 is 5.97 Å². The molecule has 1 amide bonds. The molecule has 2 heterocycles. The summed E-state index contributed by atoms with van der Waals surface area (Å²) in [5.74, 6) is 0.135. The number of aromatic nitrogens is 2. The van der Waals surface area contributed by atoms with Crippen molar-refractivity contribution < 1.29 is 19.1 Å². The lowest BCUT2D eigenvalue weighted by atomic mass is 10.2. The number of aliphatic carboxylic acids is 1. The molecule has 0 spiro atoms. The van der Waals surface area contributed by atoms with Gasteiger partial charge in [-0.1, -0.05) is 0 Å². The minimum atomic E-state index is -0.935. The SMILES string of the molecule is CCN(CCC(=O)O)C(=O)c1cc(-c2ccc(C)o2)[nH]n1. The van der Waals surface area contributed by atoms with Crippen LogP contribution in [0.2, 0.25) is 0 Å². The Balaban J connectivity index is 2.12. The van der Waals surface area contributed by atoms with Crippen molar-refractivity contribution in [3.63, 3.8) is 0 Å². The highest BCUT2D eigenvalue weighted by Gasteiger charge is 2.19. The van der Waals surface area contributed by atoms with Crippen LogP contribution in [0.4, 0.5) is 0 Å². The van der Waals surface area contributed by atoms with Gasteiger partial charge in [0.15, 0.2) is 11.5 Å². The topological polar surface area (TPSA) is 99.4 Å². The zero-order chi connectivity index (χ0) is 15.4. The Morgan fingerprint density at radius 1 is 1.43 bits per heavy atom. The van der Waals surface area contributed by atoms with E-state index in [4.69, 9.17) is 9.52 Å². The van der Waals surface area contributed by atoms with Crippen molar-refractivity contribution in [2.75, 3.05) is 13.1 Å². The van der Waals surface area contributed by atoms with Crippen molar-refractivity contribution in [1.82, 2.24) is 15.1 Å². The molecule has 0 saturated heterocycles. The van der Waals surface area contributed by atoms with E-state index in [9.17, 15) is 9.59 Å². The highest BCUT2D eigenvalue weighted by atomic mass is 16.4. The van der Waals surface area contributed by atoms with Gasteiger partial charge in [-0.3, -0.25) is 14.7 Å². The first-order chi connectivity index (χ1) is 10.0. The summed E-state index contributed by atoms with van der Waals surface area (Å²) in [6.45, 7) is 4.21. The molecular weight excluding hydrogens is 274 g/mol. The molecule has 2 N–H and O–H groups in total. The van der Waals surface area contributed by atoms with Gasteiger partial charge in [0.1, 0.15) is 11.5 Å². The van der Waals surface area contributed by atoms with Crippen LogP contribution in [0, 0.1) is 6.92 Å². The average molecular weight is 291 g/mol. The number of aromatic amines is 1. The smallest absolute Gasteiger partial charge is 0.305 e. The van der Waals surface area contributed by atoms with Crippen molar-refractivity contribution >= 4 is 11.9 Å². The van der Waals surface area contributed by atoms with E-state index in [1.165, 1.54) is 4.90 Å². The number of hydrogen-bond donors (Lipinski definition) is 2. The van der Waals surface area contributed by atoms with E-state index in [0.29, 0.717) is 18.0 Å². The summed E-state index contributed by atoms with van der Waals surface area (Å²) < 4.78 is 5.45. The Morgan fingerprint density at radius 3 is 2.76 bits per heavy atom. The molecule has 0 aliphatic heterocycles. The maximum atomic E-state index is 12.3. The number of nitrogens with zero attached hydrogens (tertiary/aromatic N) is 2. The van der Waals surface area contributed by atoms with Crippen LogP contribution in [0.25, 0.3) is 11.5 Å². The van der Waals surface area contributed by atoms with E-state index in [1.807, 2.05) is 13.0 Å². The Morgan fingerprint density at radius 2 is 2.19 bits per heavy atom. The fraction of sp³-hybridized carbons (Fsp3) is 0.357. The maximum Gasteiger partial charge on any atom is 0.305 e. The molecule has 2 rings (SSSR count). The van der Waals surface area contributed by atoms with Gasteiger partial charge in [-0.25, -0.2) is 0 Å². The maximum absolute atomic E-state index is 12.3. The number of carbonyl (C=O) groups is 2. The first-order valence-electron chi connectivity index (χ1n) is 6.64. The molecule has 0 saturated carbocycles. The Kier molecular flexibility index (Phi) is 4.42. The van der Waals surface area contributed by atoms with E-state index in [-0.39, 0.29) is 24.6 Å². The fourth-order valence-corrected chi connectivity index (χ4v) is 1.93. The summed E-state index contributed by atoms with van der Waals surface area (Å²) in [5, 5.41) is 15.4. The minimum Gasteiger partial charge on any atom is -0.481 e. The third kappa shape index (κ3) is 3.50. The monoisotopic (exact) mass is 291 g/mol. The van der Waals surface area contributed by atoms with E-state index in [0.717, 1.165) is 5.76 Å². The van der Waals surface area contributed by atoms with E-state index in [2.05, 4.69) is 10.2 Å². The van der Waals surface area contributed by atoms with Crippen LogP contribution in [0.15, 0.2) is 22.6 Å². The quantitative estimate of drug-likeness (QED) is 0.847. The second kappa shape index (κ2) is 6.25. The zero-order valence-corrected chi connectivity index (χ0v) is 11.9. The van der Waals surface area contributed by atoms with Gasteiger partial charge in [0.2, 0.25) is 0 Å². The molecule has 2 aromatic heterocycles. The number of nitrogens with one attached hydrogen (secondary N) is 1. The molecular formula is C14H17N3O4. The molecule has 2 aromatic rings. The lowest BCUT2D eigenvalue weighted by molar-refractivity contribution is -0.137. The molecule has 21 heavy (non-hydrogen) atoms. The molecule has 112 valence electrons. The van der Waals surface area contributed by atoms with Crippen molar-refractivity contribution in [1.29, 1.82) is 0 Å². The van der Waals surface area contributed by atoms with Crippen LogP contribution in [0.5, 0.6) is 0 Å². The predicted octanol–water partition coefficient (Wildman–Crippen LogP) is 1.91. The number of amides is 1. The molecule has 0 aliphatic carbocycles. The van der Waals surface area contributed by atoms with Crippen molar-refractivity contribution in [2.45, 2.75) is 20.3 Å². The molecule has 0 atom stereocenters. The number of carboxylic acids is 1. The Labute approximate surface area is 121 Å². The van der Waals surface area contributed by atoms with Gasteiger partial charge in [-0.2, -0.15) is 5.10 Å². The third-order valence-electron chi connectivity index (χ3n) is 3.07. The van der Waals surface area contributed by atoms with Crippen LogP contribution < -0.4 is 0 Å². The van der Waals surface area contributed by atoms with Crippen molar-refractivity contribution in [3.8, 4) is 11.5 Å². The average Bonchev–Trinajstić information content (AvgIpc) is 3.07.